The normalized spacial score (nSPS) is 14.6. The molecule has 2 heterocycles. The highest BCUT2D eigenvalue weighted by Crippen LogP contribution is 2.35. The molecule has 3 aromatic carbocycles. The second-order valence-corrected chi connectivity index (χ2v) is 11.8. The Morgan fingerprint density at radius 1 is 1.11 bits per heavy atom. The Balaban J connectivity index is 1.53. The van der Waals surface area contributed by atoms with Crippen LogP contribution in [0, 0.1) is 17.0 Å². The molecule has 1 atom stereocenters. The maximum absolute atomic E-state index is 14.0. The molecule has 0 N–H and O–H groups in total. The molecule has 0 saturated carbocycles. The number of benzene rings is 3. The third-order valence-electron chi connectivity index (χ3n) is 7.02. The van der Waals surface area contributed by atoms with E-state index in [-0.39, 0.29) is 24.5 Å². The van der Waals surface area contributed by atoms with Crippen LogP contribution in [-0.4, -0.2) is 29.2 Å². The van der Waals surface area contributed by atoms with E-state index in [1.165, 1.54) is 30.6 Å². The summed E-state index contributed by atoms with van der Waals surface area (Å²) in [6.45, 7) is 5.83. The van der Waals surface area contributed by atoms with Crippen molar-refractivity contribution in [3.8, 4) is 11.5 Å². The summed E-state index contributed by atoms with van der Waals surface area (Å²) in [7, 11) is 1.51. The molecular weight excluding hydrogens is 650 g/mol. The van der Waals surface area contributed by atoms with Gasteiger partial charge in [-0.2, -0.15) is 0 Å². The lowest BCUT2D eigenvalue weighted by Gasteiger charge is -2.24. The van der Waals surface area contributed by atoms with Crippen LogP contribution in [0.2, 0.25) is 0 Å². The lowest BCUT2D eigenvalue weighted by atomic mass is 9.95. The molecule has 1 aromatic heterocycles. The number of fused-ring (bicyclic) bond motifs is 1. The van der Waals surface area contributed by atoms with E-state index in [0.29, 0.717) is 42.1 Å². The van der Waals surface area contributed by atoms with E-state index in [9.17, 15) is 19.7 Å². The van der Waals surface area contributed by atoms with Gasteiger partial charge in [0.05, 0.1) is 40.5 Å². The van der Waals surface area contributed by atoms with Crippen LogP contribution >= 0.6 is 27.3 Å². The highest BCUT2D eigenvalue weighted by Gasteiger charge is 2.33. The first kappa shape index (κ1) is 30.9. The predicted octanol–water partition coefficient (Wildman–Crippen LogP) is 5.37. The van der Waals surface area contributed by atoms with Crippen LogP contribution in [0.4, 0.5) is 5.69 Å². The summed E-state index contributed by atoms with van der Waals surface area (Å²) in [6, 6.07) is 16.6. The van der Waals surface area contributed by atoms with Crippen LogP contribution < -0.4 is 24.4 Å². The number of allylic oxidation sites excluding steroid dienone is 1. The SMILES string of the molecule is CCOC(=O)C1=C(C)N=c2s/c(=C/c3cc(OC)c(OCc4ccc([N+](=O)[O-])cc4)cc3Br)c(=O)n2[C@@H]1c1ccc(C)cc1. The molecule has 1 aliphatic heterocycles. The summed E-state index contributed by atoms with van der Waals surface area (Å²) in [4.78, 5) is 42.6. The van der Waals surface area contributed by atoms with E-state index in [1.54, 1.807) is 48.8 Å². The maximum atomic E-state index is 14.0. The van der Waals surface area contributed by atoms with Gasteiger partial charge in [-0.3, -0.25) is 19.5 Å². The van der Waals surface area contributed by atoms with Crippen molar-refractivity contribution in [1.82, 2.24) is 4.57 Å². The Morgan fingerprint density at radius 3 is 2.45 bits per heavy atom. The van der Waals surface area contributed by atoms with E-state index in [4.69, 9.17) is 14.2 Å². The molecule has 0 saturated heterocycles. The summed E-state index contributed by atoms with van der Waals surface area (Å²) in [5.74, 6) is 0.378. The Kier molecular flexibility index (Phi) is 9.12. The van der Waals surface area contributed by atoms with Gasteiger partial charge in [-0.1, -0.05) is 57.1 Å². The number of thiazole rings is 1. The number of methoxy groups -OCH3 is 1. The van der Waals surface area contributed by atoms with E-state index < -0.39 is 16.9 Å². The second-order valence-electron chi connectivity index (χ2n) is 9.95. The minimum Gasteiger partial charge on any atom is -0.493 e. The molecule has 0 spiro atoms. The molecule has 4 aromatic rings. The molecule has 10 nitrogen and oxygen atoms in total. The van der Waals surface area contributed by atoms with Crippen molar-refractivity contribution in [3.63, 3.8) is 0 Å². The van der Waals surface area contributed by atoms with Crippen molar-refractivity contribution in [3.05, 3.63) is 128 Å². The lowest BCUT2D eigenvalue weighted by Crippen LogP contribution is -2.39. The second kappa shape index (κ2) is 13.0. The molecule has 0 aliphatic carbocycles. The Hall–Kier alpha value is -4.55. The number of ether oxygens (including phenoxy) is 3. The number of aryl methyl sites for hydroxylation is 1. The smallest absolute Gasteiger partial charge is 0.338 e. The Bertz CT molecular complexity index is 1960. The van der Waals surface area contributed by atoms with Gasteiger partial charge >= 0.3 is 5.97 Å². The summed E-state index contributed by atoms with van der Waals surface area (Å²) in [6.07, 6.45) is 1.74. The van der Waals surface area contributed by atoms with Crippen molar-refractivity contribution in [2.24, 2.45) is 4.99 Å². The van der Waals surface area contributed by atoms with Crippen LogP contribution in [0.1, 0.15) is 42.1 Å². The highest BCUT2D eigenvalue weighted by molar-refractivity contribution is 9.10. The first-order valence-corrected chi connectivity index (χ1v) is 15.2. The minimum atomic E-state index is -0.693. The number of hydrogen-bond acceptors (Lipinski definition) is 9. The third kappa shape index (κ3) is 6.22. The van der Waals surface area contributed by atoms with Crippen LogP contribution in [0.25, 0.3) is 6.08 Å². The average Bonchev–Trinajstić information content (AvgIpc) is 3.31. The van der Waals surface area contributed by atoms with Crippen LogP contribution in [0.5, 0.6) is 11.5 Å². The molecule has 0 unspecified atom stereocenters. The van der Waals surface area contributed by atoms with Gasteiger partial charge in [0, 0.05) is 16.6 Å². The largest absolute Gasteiger partial charge is 0.493 e. The Morgan fingerprint density at radius 2 is 1.82 bits per heavy atom. The first-order valence-electron chi connectivity index (χ1n) is 13.6. The van der Waals surface area contributed by atoms with Crippen molar-refractivity contribution in [1.29, 1.82) is 0 Å². The molecule has 44 heavy (non-hydrogen) atoms. The summed E-state index contributed by atoms with van der Waals surface area (Å²) in [5, 5.41) is 10.9. The molecule has 226 valence electrons. The number of carbonyl (C=O) groups is 1. The number of rotatable bonds is 9. The molecule has 1 aliphatic rings. The summed E-state index contributed by atoms with van der Waals surface area (Å²) < 4.78 is 19.5. The molecular formula is C32H28BrN3O7S. The molecule has 5 rings (SSSR count). The van der Waals surface area contributed by atoms with E-state index >= 15 is 0 Å². The number of nitro benzene ring substituents is 1. The van der Waals surface area contributed by atoms with Gasteiger partial charge in [0.1, 0.15) is 6.61 Å². The van der Waals surface area contributed by atoms with Crippen LogP contribution in [-0.2, 0) is 16.1 Å². The van der Waals surface area contributed by atoms with E-state index in [1.807, 2.05) is 31.2 Å². The first-order chi connectivity index (χ1) is 21.1. The fraction of sp³-hybridized carbons (Fsp3) is 0.219. The standard InChI is InChI=1S/C32H28BrN3O7S/c1-5-42-31(38)28-19(3)34-32-35(29(28)21-10-6-18(2)7-11-21)30(37)27(44-32)15-22-14-25(41-4)26(16-24(22)33)43-17-20-8-12-23(13-9-20)36(39)40/h6-16,29H,5,17H2,1-4H3/b27-15+/t29-/m1/s1. The van der Waals surface area contributed by atoms with Crippen LogP contribution in [0.3, 0.4) is 0 Å². The van der Waals surface area contributed by atoms with Gasteiger partial charge in [0.2, 0.25) is 0 Å². The Labute approximate surface area is 264 Å². The zero-order valence-electron chi connectivity index (χ0n) is 24.3. The van der Waals surface area contributed by atoms with Gasteiger partial charge in [0.25, 0.3) is 11.2 Å². The minimum absolute atomic E-state index is 0.00109. The van der Waals surface area contributed by atoms with Crippen molar-refractivity contribution in [2.75, 3.05) is 13.7 Å². The number of halogens is 1. The molecule has 12 heteroatoms. The maximum Gasteiger partial charge on any atom is 0.338 e. The number of nitro groups is 1. The van der Waals surface area contributed by atoms with Crippen molar-refractivity contribution in [2.45, 2.75) is 33.4 Å². The molecule has 0 radical (unpaired) electrons. The van der Waals surface area contributed by atoms with Gasteiger partial charge in [-0.25, -0.2) is 9.79 Å². The number of carbonyl (C=O) groups excluding carboxylic acids is 1. The topological polar surface area (TPSA) is 122 Å². The fourth-order valence-corrected chi connectivity index (χ4v) is 6.28. The average molecular weight is 679 g/mol. The third-order valence-corrected chi connectivity index (χ3v) is 8.69. The number of esters is 1. The van der Waals surface area contributed by atoms with E-state index in [0.717, 1.165) is 16.7 Å². The van der Waals surface area contributed by atoms with Crippen LogP contribution in [0.15, 0.2) is 86.2 Å². The number of aromatic nitrogens is 1. The lowest BCUT2D eigenvalue weighted by molar-refractivity contribution is -0.384. The van der Waals surface area contributed by atoms with Gasteiger partial charge in [-0.15, -0.1) is 0 Å². The van der Waals surface area contributed by atoms with E-state index in [2.05, 4.69) is 20.9 Å². The predicted molar refractivity (Wildman–Crippen MR) is 170 cm³/mol. The monoisotopic (exact) mass is 677 g/mol. The molecule has 0 fully saturated rings. The molecule has 0 amide bonds. The zero-order chi connectivity index (χ0) is 31.5. The summed E-state index contributed by atoms with van der Waals surface area (Å²) in [5.41, 5.74) is 3.78. The highest BCUT2D eigenvalue weighted by atomic mass is 79.9. The summed E-state index contributed by atoms with van der Waals surface area (Å²) >= 11 is 4.82. The fourth-order valence-electron chi connectivity index (χ4n) is 4.81. The van der Waals surface area contributed by atoms with Gasteiger partial charge in [0.15, 0.2) is 16.3 Å². The van der Waals surface area contributed by atoms with Gasteiger partial charge in [-0.05, 0) is 67.8 Å². The number of nitrogens with zero attached hydrogens (tertiary/aromatic N) is 3. The number of hydrogen-bond donors (Lipinski definition) is 0. The number of non-ortho nitro benzene ring substituents is 1. The van der Waals surface area contributed by atoms with Gasteiger partial charge < -0.3 is 14.2 Å². The quantitative estimate of drug-likeness (QED) is 0.133. The zero-order valence-corrected chi connectivity index (χ0v) is 26.7. The molecule has 0 bridgehead atoms. The van der Waals surface area contributed by atoms with Crippen molar-refractivity contribution < 1.29 is 23.9 Å². The van der Waals surface area contributed by atoms with Crippen molar-refractivity contribution >= 4 is 45.0 Å².